The van der Waals surface area contributed by atoms with Gasteiger partial charge in [0, 0.05) is 37.6 Å². The third kappa shape index (κ3) is 3.43. The number of hydrogen-bond donors (Lipinski definition) is 2. The molecular formula is C19H21N7. The van der Waals surface area contributed by atoms with Crippen molar-refractivity contribution >= 4 is 29.2 Å². The van der Waals surface area contributed by atoms with Gasteiger partial charge in [0.1, 0.15) is 0 Å². The van der Waals surface area contributed by atoms with Gasteiger partial charge in [0.15, 0.2) is 0 Å². The SMILES string of the molecule is Nc1nc(N2CCNCC2)nc(N(c2ccccc2)c2ccccc2)n1. The number of nitrogens with zero attached hydrogens (tertiary/aromatic N) is 5. The molecule has 7 nitrogen and oxygen atoms in total. The lowest BCUT2D eigenvalue weighted by atomic mass is 10.2. The first-order valence-electron chi connectivity index (χ1n) is 8.69. The van der Waals surface area contributed by atoms with E-state index in [0.29, 0.717) is 11.9 Å². The lowest BCUT2D eigenvalue weighted by Crippen LogP contribution is -2.44. The van der Waals surface area contributed by atoms with Gasteiger partial charge in [-0.05, 0) is 24.3 Å². The first kappa shape index (κ1) is 16.3. The van der Waals surface area contributed by atoms with Crippen molar-refractivity contribution in [2.75, 3.05) is 41.7 Å². The maximum atomic E-state index is 6.03. The summed E-state index contributed by atoms with van der Waals surface area (Å²) >= 11 is 0. The van der Waals surface area contributed by atoms with Gasteiger partial charge < -0.3 is 16.0 Å². The summed E-state index contributed by atoms with van der Waals surface area (Å²) in [7, 11) is 0. The molecule has 3 aromatic rings. The summed E-state index contributed by atoms with van der Waals surface area (Å²) in [6, 6.07) is 20.0. The van der Waals surface area contributed by atoms with Crippen LogP contribution in [0.3, 0.4) is 0 Å². The maximum absolute atomic E-state index is 6.03. The molecular weight excluding hydrogens is 326 g/mol. The Labute approximate surface area is 152 Å². The number of para-hydroxylation sites is 2. The van der Waals surface area contributed by atoms with E-state index in [0.717, 1.165) is 37.6 Å². The molecule has 1 saturated heterocycles. The van der Waals surface area contributed by atoms with Gasteiger partial charge in [-0.25, -0.2) is 0 Å². The Balaban J connectivity index is 1.79. The topological polar surface area (TPSA) is 83.2 Å². The van der Waals surface area contributed by atoms with Crippen molar-refractivity contribution in [2.45, 2.75) is 0 Å². The van der Waals surface area contributed by atoms with Crippen molar-refractivity contribution in [1.29, 1.82) is 0 Å². The van der Waals surface area contributed by atoms with Crippen LogP contribution in [0, 0.1) is 0 Å². The summed E-state index contributed by atoms with van der Waals surface area (Å²) in [5, 5.41) is 3.33. The zero-order chi connectivity index (χ0) is 17.8. The van der Waals surface area contributed by atoms with Crippen LogP contribution in [0.5, 0.6) is 0 Å². The first-order valence-corrected chi connectivity index (χ1v) is 8.69. The molecule has 0 atom stereocenters. The lowest BCUT2D eigenvalue weighted by molar-refractivity contribution is 0.579. The highest BCUT2D eigenvalue weighted by Crippen LogP contribution is 2.32. The van der Waals surface area contributed by atoms with E-state index < -0.39 is 0 Å². The summed E-state index contributed by atoms with van der Waals surface area (Å²) in [6.45, 7) is 3.50. The van der Waals surface area contributed by atoms with Crippen LogP contribution in [0.1, 0.15) is 0 Å². The number of nitrogen functional groups attached to an aromatic ring is 1. The van der Waals surface area contributed by atoms with E-state index in [1.54, 1.807) is 0 Å². The second kappa shape index (κ2) is 7.37. The fourth-order valence-corrected chi connectivity index (χ4v) is 3.01. The molecule has 132 valence electrons. The standard InChI is InChI=1S/C19H21N7/c20-17-22-18(25-13-11-21-12-14-25)24-19(23-17)26(15-7-3-1-4-8-15)16-9-5-2-6-10-16/h1-10,21H,11-14H2,(H2,20,22,23,24). The zero-order valence-corrected chi connectivity index (χ0v) is 14.4. The number of benzene rings is 2. The van der Waals surface area contributed by atoms with E-state index in [1.165, 1.54) is 0 Å². The number of aromatic nitrogens is 3. The molecule has 1 aliphatic heterocycles. The van der Waals surface area contributed by atoms with E-state index in [4.69, 9.17) is 10.7 Å². The largest absolute Gasteiger partial charge is 0.368 e. The number of hydrogen-bond acceptors (Lipinski definition) is 7. The Kier molecular flexibility index (Phi) is 4.61. The number of rotatable bonds is 4. The molecule has 2 heterocycles. The van der Waals surface area contributed by atoms with E-state index in [9.17, 15) is 0 Å². The highest BCUT2D eigenvalue weighted by atomic mass is 15.4. The van der Waals surface area contributed by atoms with Crippen LogP contribution in [0.25, 0.3) is 0 Å². The average molecular weight is 347 g/mol. The molecule has 0 spiro atoms. The minimum atomic E-state index is 0.223. The monoisotopic (exact) mass is 347 g/mol. The summed E-state index contributed by atoms with van der Waals surface area (Å²) in [6.07, 6.45) is 0. The molecule has 0 aliphatic carbocycles. The van der Waals surface area contributed by atoms with E-state index in [1.807, 2.05) is 65.6 Å². The molecule has 1 fully saturated rings. The fourth-order valence-electron chi connectivity index (χ4n) is 3.01. The first-order chi connectivity index (χ1) is 12.8. The molecule has 0 unspecified atom stereocenters. The molecule has 2 aromatic carbocycles. The second-order valence-corrected chi connectivity index (χ2v) is 6.04. The van der Waals surface area contributed by atoms with E-state index in [2.05, 4.69) is 20.2 Å². The molecule has 1 aliphatic rings. The number of piperazine rings is 1. The van der Waals surface area contributed by atoms with Crippen LogP contribution in [0.2, 0.25) is 0 Å². The van der Waals surface area contributed by atoms with E-state index >= 15 is 0 Å². The quantitative estimate of drug-likeness (QED) is 0.749. The highest BCUT2D eigenvalue weighted by Gasteiger charge is 2.20. The van der Waals surface area contributed by atoms with Gasteiger partial charge in [-0.1, -0.05) is 36.4 Å². The predicted molar refractivity (Wildman–Crippen MR) is 104 cm³/mol. The molecule has 1 aromatic heterocycles. The fraction of sp³-hybridized carbons (Fsp3) is 0.211. The summed E-state index contributed by atoms with van der Waals surface area (Å²) in [5.74, 6) is 1.36. The van der Waals surface area contributed by atoms with Crippen LogP contribution in [0.15, 0.2) is 60.7 Å². The molecule has 0 bridgehead atoms. The number of nitrogens with two attached hydrogens (primary N) is 1. The Hall–Kier alpha value is -3.19. The van der Waals surface area contributed by atoms with Crippen LogP contribution >= 0.6 is 0 Å². The van der Waals surface area contributed by atoms with Crippen molar-refractivity contribution in [1.82, 2.24) is 20.3 Å². The van der Waals surface area contributed by atoms with Gasteiger partial charge in [0.05, 0.1) is 0 Å². The van der Waals surface area contributed by atoms with Crippen LogP contribution in [-0.4, -0.2) is 41.1 Å². The maximum Gasteiger partial charge on any atom is 0.241 e. The van der Waals surface area contributed by atoms with Crippen molar-refractivity contribution in [3.8, 4) is 0 Å². The summed E-state index contributed by atoms with van der Waals surface area (Å²) in [4.78, 5) is 17.6. The molecule has 26 heavy (non-hydrogen) atoms. The molecule has 4 rings (SSSR count). The Bertz CT molecular complexity index is 809. The van der Waals surface area contributed by atoms with Gasteiger partial charge in [-0.2, -0.15) is 15.0 Å². The molecule has 7 heteroatoms. The van der Waals surface area contributed by atoms with Gasteiger partial charge in [-0.15, -0.1) is 0 Å². The van der Waals surface area contributed by atoms with E-state index in [-0.39, 0.29) is 5.95 Å². The summed E-state index contributed by atoms with van der Waals surface area (Å²) in [5.41, 5.74) is 7.97. The van der Waals surface area contributed by atoms with Crippen molar-refractivity contribution in [2.24, 2.45) is 0 Å². The van der Waals surface area contributed by atoms with Crippen molar-refractivity contribution < 1.29 is 0 Å². The summed E-state index contributed by atoms with van der Waals surface area (Å²) < 4.78 is 0. The van der Waals surface area contributed by atoms with Gasteiger partial charge in [-0.3, -0.25) is 4.90 Å². The Morgan fingerprint density at radius 2 is 1.38 bits per heavy atom. The lowest BCUT2D eigenvalue weighted by Gasteiger charge is -2.29. The third-order valence-corrected chi connectivity index (χ3v) is 4.26. The van der Waals surface area contributed by atoms with Gasteiger partial charge in [0.2, 0.25) is 17.8 Å². The Morgan fingerprint density at radius 3 is 1.96 bits per heavy atom. The minimum Gasteiger partial charge on any atom is -0.368 e. The van der Waals surface area contributed by atoms with Crippen molar-refractivity contribution in [3.63, 3.8) is 0 Å². The minimum absolute atomic E-state index is 0.223. The number of nitrogens with one attached hydrogen (secondary N) is 1. The zero-order valence-electron chi connectivity index (χ0n) is 14.4. The van der Waals surface area contributed by atoms with Gasteiger partial charge >= 0.3 is 0 Å². The Morgan fingerprint density at radius 1 is 0.808 bits per heavy atom. The van der Waals surface area contributed by atoms with Crippen LogP contribution in [0.4, 0.5) is 29.2 Å². The number of anilines is 5. The third-order valence-electron chi connectivity index (χ3n) is 4.26. The average Bonchev–Trinajstić information content (AvgIpc) is 2.70. The smallest absolute Gasteiger partial charge is 0.241 e. The van der Waals surface area contributed by atoms with Gasteiger partial charge in [0.25, 0.3) is 0 Å². The molecule has 3 N–H and O–H groups in total. The normalized spacial score (nSPS) is 14.2. The highest BCUT2D eigenvalue weighted by molar-refractivity contribution is 5.73. The second-order valence-electron chi connectivity index (χ2n) is 6.04. The molecule has 0 saturated carbocycles. The van der Waals surface area contributed by atoms with Crippen LogP contribution in [-0.2, 0) is 0 Å². The van der Waals surface area contributed by atoms with Crippen molar-refractivity contribution in [3.05, 3.63) is 60.7 Å². The molecule has 0 amide bonds. The van der Waals surface area contributed by atoms with Crippen LogP contribution < -0.4 is 20.9 Å². The molecule has 0 radical (unpaired) electrons. The predicted octanol–water partition coefficient (Wildman–Crippen LogP) is 2.33.